The van der Waals surface area contributed by atoms with E-state index >= 15 is 0 Å². The van der Waals surface area contributed by atoms with E-state index in [0.717, 1.165) is 33.3 Å². The number of carbonyl (C=O) groups is 4. The summed E-state index contributed by atoms with van der Waals surface area (Å²) >= 11 is 1.81. The van der Waals surface area contributed by atoms with Crippen LogP contribution in [0.4, 0.5) is 9.59 Å². The number of hydrogen-bond acceptors (Lipinski definition) is 10. The van der Waals surface area contributed by atoms with Crippen molar-refractivity contribution in [2.75, 3.05) is 37.8 Å². The van der Waals surface area contributed by atoms with E-state index in [4.69, 9.17) is 9.47 Å². The van der Waals surface area contributed by atoms with Gasteiger partial charge < -0.3 is 19.7 Å². The Balaban J connectivity index is 1.39. The number of rotatable bonds is 10. The highest BCUT2D eigenvalue weighted by molar-refractivity contribution is 8.15. The molecule has 0 spiro atoms. The van der Waals surface area contributed by atoms with E-state index in [1.54, 1.807) is 24.3 Å². The van der Waals surface area contributed by atoms with Crippen molar-refractivity contribution in [2.45, 2.75) is 12.2 Å². The fraction of sp³-hybridized carbons (Fsp3) is 0.444. The van der Waals surface area contributed by atoms with Crippen LogP contribution in [0.25, 0.3) is 0 Å². The molecule has 2 fully saturated rings. The van der Waals surface area contributed by atoms with E-state index in [2.05, 4.69) is 0 Å². The molecule has 30 heavy (non-hydrogen) atoms. The fourth-order valence-electron chi connectivity index (χ4n) is 2.66. The second kappa shape index (κ2) is 10.2. The molecule has 0 aromatic heterocycles. The van der Waals surface area contributed by atoms with Crippen LogP contribution in [0.15, 0.2) is 24.3 Å². The highest BCUT2D eigenvalue weighted by Gasteiger charge is 2.32. The van der Waals surface area contributed by atoms with Crippen molar-refractivity contribution in [3.63, 3.8) is 0 Å². The largest absolute Gasteiger partial charge is 0.491 e. The maximum Gasteiger partial charge on any atom is 0.288 e. The average molecular weight is 456 g/mol. The number of aliphatic hydroxyl groups is 2. The van der Waals surface area contributed by atoms with Crippen molar-refractivity contribution in [2.24, 2.45) is 0 Å². The number of imide groups is 2. The molecule has 2 heterocycles. The number of aliphatic hydroxyl groups excluding tert-OH is 2. The number of hydrogen-bond donors (Lipinski definition) is 2. The monoisotopic (exact) mass is 456 g/mol. The third-order valence-electron chi connectivity index (χ3n) is 4.18. The van der Waals surface area contributed by atoms with Gasteiger partial charge in [0.1, 0.15) is 36.9 Å². The maximum atomic E-state index is 11.5. The summed E-state index contributed by atoms with van der Waals surface area (Å²) in [6, 6.07) is 6.39. The zero-order valence-electron chi connectivity index (χ0n) is 15.8. The average Bonchev–Trinajstić information content (AvgIpc) is 3.21. The predicted molar refractivity (Wildman–Crippen MR) is 109 cm³/mol. The molecule has 10 nitrogen and oxygen atoms in total. The molecule has 3 rings (SSSR count). The van der Waals surface area contributed by atoms with Gasteiger partial charge in [0.2, 0.25) is 11.8 Å². The van der Waals surface area contributed by atoms with Crippen LogP contribution in [-0.4, -0.2) is 92.3 Å². The second-order valence-electron chi connectivity index (χ2n) is 6.52. The lowest BCUT2D eigenvalue weighted by atomic mass is 10.3. The van der Waals surface area contributed by atoms with Crippen molar-refractivity contribution < 1.29 is 38.9 Å². The van der Waals surface area contributed by atoms with Gasteiger partial charge in [0.05, 0.1) is 24.6 Å². The molecule has 0 aliphatic carbocycles. The van der Waals surface area contributed by atoms with Gasteiger partial charge in [-0.15, -0.1) is 0 Å². The van der Waals surface area contributed by atoms with Crippen LogP contribution >= 0.6 is 23.5 Å². The lowest BCUT2D eigenvalue weighted by Crippen LogP contribution is -2.38. The van der Waals surface area contributed by atoms with Crippen LogP contribution in [0.3, 0.4) is 0 Å². The lowest BCUT2D eigenvalue weighted by molar-refractivity contribution is -0.126. The van der Waals surface area contributed by atoms with Gasteiger partial charge in [0, 0.05) is 0 Å². The Bertz CT molecular complexity index is 720. The van der Waals surface area contributed by atoms with Crippen molar-refractivity contribution in [3.05, 3.63) is 24.3 Å². The number of thioether (sulfide) groups is 2. The Hall–Kier alpha value is -2.28. The van der Waals surface area contributed by atoms with E-state index in [1.807, 2.05) is 0 Å². The van der Waals surface area contributed by atoms with Gasteiger partial charge in [-0.1, -0.05) is 23.5 Å². The number of amides is 4. The molecule has 0 saturated carbocycles. The molecule has 0 radical (unpaired) electrons. The lowest BCUT2D eigenvalue weighted by Gasteiger charge is -2.19. The van der Waals surface area contributed by atoms with E-state index in [1.165, 1.54) is 0 Å². The molecular formula is C18H20N2O8S2. The second-order valence-corrected chi connectivity index (χ2v) is 8.37. The molecule has 4 amide bonds. The number of nitrogens with zero attached hydrogens (tertiary/aromatic N) is 2. The number of β-amino-alcohol motifs (C(OH)–C–C–N with tert-alkyl or cyclic N) is 2. The topological polar surface area (TPSA) is 134 Å². The third-order valence-corrected chi connectivity index (χ3v) is 5.89. The summed E-state index contributed by atoms with van der Waals surface area (Å²) < 4.78 is 10.9. The molecule has 1 aromatic rings. The molecular weight excluding hydrogens is 436 g/mol. The number of ether oxygens (including phenoxy) is 2. The summed E-state index contributed by atoms with van der Waals surface area (Å²) in [5, 5.41) is 19.2. The first-order valence-corrected chi connectivity index (χ1v) is 11.0. The summed E-state index contributed by atoms with van der Waals surface area (Å²) in [6.07, 6.45) is -2.03. The standard InChI is InChI=1S/C18H20N2O8S2/c21-11(5-19-15(23)9-29-17(19)25)7-27-13-1-2-14(4-3-13)28-8-12(22)6-20-16(24)10-30-18(20)26/h1-4,11-12,21-22H,5-10H2/t11-,12+. The van der Waals surface area contributed by atoms with Crippen LogP contribution in [0.5, 0.6) is 11.5 Å². The maximum absolute atomic E-state index is 11.5. The molecule has 162 valence electrons. The van der Waals surface area contributed by atoms with Crippen molar-refractivity contribution >= 4 is 45.8 Å². The molecule has 0 unspecified atom stereocenters. The first-order chi connectivity index (χ1) is 14.3. The minimum atomic E-state index is -1.02. The van der Waals surface area contributed by atoms with E-state index in [0.29, 0.717) is 11.5 Å². The van der Waals surface area contributed by atoms with Gasteiger partial charge in [0.25, 0.3) is 10.5 Å². The van der Waals surface area contributed by atoms with Gasteiger partial charge in [-0.25, -0.2) is 0 Å². The molecule has 2 atom stereocenters. The summed E-state index contributed by atoms with van der Waals surface area (Å²) in [7, 11) is 0. The van der Waals surface area contributed by atoms with Crippen molar-refractivity contribution in [1.29, 1.82) is 0 Å². The summed E-state index contributed by atoms with van der Waals surface area (Å²) in [5.74, 6) is 0.412. The van der Waals surface area contributed by atoms with Gasteiger partial charge in [0.15, 0.2) is 0 Å². The minimum absolute atomic E-state index is 0.0895. The van der Waals surface area contributed by atoms with Crippen LogP contribution in [-0.2, 0) is 9.59 Å². The number of benzene rings is 1. The number of carbonyl (C=O) groups excluding carboxylic acids is 4. The summed E-state index contributed by atoms with van der Waals surface area (Å²) in [4.78, 5) is 48.1. The highest BCUT2D eigenvalue weighted by atomic mass is 32.2. The Morgan fingerprint density at radius 2 is 1.13 bits per heavy atom. The molecule has 2 aliphatic rings. The minimum Gasteiger partial charge on any atom is -0.491 e. The highest BCUT2D eigenvalue weighted by Crippen LogP contribution is 2.21. The molecule has 2 N–H and O–H groups in total. The molecule has 0 bridgehead atoms. The first-order valence-electron chi connectivity index (χ1n) is 8.99. The van der Waals surface area contributed by atoms with Gasteiger partial charge >= 0.3 is 0 Å². The Morgan fingerprint density at radius 1 is 0.767 bits per heavy atom. The Kier molecular flexibility index (Phi) is 7.58. The summed E-state index contributed by atoms with van der Waals surface area (Å²) in [6.45, 7) is -0.443. The van der Waals surface area contributed by atoms with Crippen LogP contribution in [0.1, 0.15) is 0 Å². The zero-order chi connectivity index (χ0) is 21.7. The summed E-state index contributed by atoms with van der Waals surface area (Å²) in [5.41, 5.74) is 0. The normalized spacial score (nSPS) is 18.9. The zero-order valence-corrected chi connectivity index (χ0v) is 17.4. The van der Waals surface area contributed by atoms with E-state index in [-0.39, 0.29) is 60.1 Å². The first kappa shape index (κ1) is 22.4. The van der Waals surface area contributed by atoms with Gasteiger partial charge in [-0.05, 0) is 24.3 Å². The fourth-order valence-corrected chi connectivity index (χ4v) is 4.13. The SMILES string of the molecule is O=C1CSC(=O)N1C[C@H](O)COc1ccc(OC[C@H](O)CN2C(=O)CSC2=O)cc1. The van der Waals surface area contributed by atoms with Gasteiger partial charge in [-0.2, -0.15) is 0 Å². The van der Waals surface area contributed by atoms with E-state index in [9.17, 15) is 29.4 Å². The Labute approximate surface area is 180 Å². The Morgan fingerprint density at radius 3 is 1.43 bits per heavy atom. The predicted octanol–water partition coefficient (Wildman–Crippen LogP) is 0.557. The molecule has 1 aromatic carbocycles. The van der Waals surface area contributed by atoms with Crippen LogP contribution < -0.4 is 9.47 Å². The van der Waals surface area contributed by atoms with E-state index < -0.39 is 12.2 Å². The molecule has 2 aliphatic heterocycles. The smallest absolute Gasteiger partial charge is 0.288 e. The van der Waals surface area contributed by atoms with Crippen LogP contribution in [0, 0.1) is 0 Å². The third kappa shape index (κ3) is 5.88. The van der Waals surface area contributed by atoms with Crippen LogP contribution in [0.2, 0.25) is 0 Å². The molecule has 12 heteroatoms. The molecule has 2 saturated heterocycles. The van der Waals surface area contributed by atoms with Gasteiger partial charge in [-0.3, -0.25) is 29.0 Å². The van der Waals surface area contributed by atoms with Crippen molar-refractivity contribution in [3.8, 4) is 11.5 Å². The quantitative estimate of drug-likeness (QED) is 0.514. The van der Waals surface area contributed by atoms with Crippen molar-refractivity contribution in [1.82, 2.24) is 9.80 Å².